The van der Waals surface area contributed by atoms with Crippen molar-refractivity contribution in [3.63, 3.8) is 0 Å². The average molecular weight is 254 g/mol. The summed E-state index contributed by atoms with van der Waals surface area (Å²) in [6.45, 7) is 4.19. The van der Waals surface area contributed by atoms with Crippen LogP contribution in [0.1, 0.15) is 35.8 Å². The third-order valence-electron chi connectivity index (χ3n) is 2.93. The second kappa shape index (κ2) is 5.92. The van der Waals surface area contributed by atoms with Gasteiger partial charge in [-0.3, -0.25) is 4.79 Å². The van der Waals surface area contributed by atoms with Gasteiger partial charge in [0.2, 0.25) is 5.89 Å². The molecule has 2 N–H and O–H groups in total. The molecule has 1 aliphatic heterocycles. The minimum Gasteiger partial charge on any atom is -0.379 e. The molecule has 2 rings (SSSR count). The molecule has 2 atom stereocenters. The van der Waals surface area contributed by atoms with E-state index in [2.05, 4.69) is 27.7 Å². The summed E-state index contributed by atoms with van der Waals surface area (Å²) in [5.74, 6) is 0.192. The number of aromatic nitrogens is 2. The maximum absolute atomic E-state index is 11.4. The van der Waals surface area contributed by atoms with Crippen LogP contribution in [0.15, 0.2) is 4.52 Å². The van der Waals surface area contributed by atoms with E-state index < -0.39 is 0 Å². The lowest BCUT2D eigenvalue weighted by atomic mass is 10.0. The monoisotopic (exact) mass is 254 g/mol. The van der Waals surface area contributed by atoms with Crippen LogP contribution < -0.4 is 10.6 Å². The van der Waals surface area contributed by atoms with Gasteiger partial charge in [-0.2, -0.15) is 4.98 Å². The van der Waals surface area contributed by atoms with Crippen LogP contribution in [0.4, 0.5) is 0 Å². The highest BCUT2D eigenvalue weighted by atomic mass is 16.5. The second-order valence-corrected chi connectivity index (χ2v) is 4.24. The predicted octanol–water partition coefficient (Wildman–Crippen LogP) is -0.0888. The first-order valence-corrected chi connectivity index (χ1v) is 6.13. The summed E-state index contributed by atoms with van der Waals surface area (Å²) >= 11 is 0. The molecule has 0 radical (unpaired) electrons. The molecule has 1 fully saturated rings. The molecule has 7 heteroatoms. The molecule has 1 saturated heterocycles. The predicted molar refractivity (Wildman–Crippen MR) is 63.3 cm³/mol. The number of hydrogen-bond donors (Lipinski definition) is 2. The van der Waals surface area contributed by atoms with Crippen molar-refractivity contribution in [2.75, 3.05) is 26.8 Å². The van der Waals surface area contributed by atoms with Crippen LogP contribution in [-0.4, -0.2) is 48.9 Å². The molecule has 1 aromatic rings. The van der Waals surface area contributed by atoms with Crippen molar-refractivity contribution in [3.8, 4) is 0 Å². The maximum Gasteiger partial charge on any atom is 0.292 e. The van der Waals surface area contributed by atoms with Crippen LogP contribution in [0.2, 0.25) is 0 Å². The largest absolute Gasteiger partial charge is 0.379 e. The van der Waals surface area contributed by atoms with E-state index in [-0.39, 0.29) is 23.7 Å². The molecule has 0 aliphatic carbocycles. The highest BCUT2D eigenvalue weighted by Gasteiger charge is 2.34. The molecule has 100 valence electrons. The standard InChI is InChI=1S/C11H18N4O3/c1-3-4-13-8-6-17-5-7(8)11-14-9(15-18-11)10(16)12-2/h7-8,13H,3-6H2,1-2H3,(H,12,16). The molecule has 1 amide bonds. The van der Waals surface area contributed by atoms with Gasteiger partial charge in [0.15, 0.2) is 0 Å². The lowest BCUT2D eigenvalue weighted by Gasteiger charge is -2.14. The molecule has 18 heavy (non-hydrogen) atoms. The number of nitrogens with zero attached hydrogens (tertiary/aromatic N) is 2. The van der Waals surface area contributed by atoms with Gasteiger partial charge in [0, 0.05) is 13.1 Å². The van der Waals surface area contributed by atoms with Crippen molar-refractivity contribution < 1.29 is 14.1 Å². The molecular weight excluding hydrogens is 236 g/mol. The van der Waals surface area contributed by atoms with Crippen LogP contribution in [0, 0.1) is 0 Å². The van der Waals surface area contributed by atoms with Crippen molar-refractivity contribution >= 4 is 5.91 Å². The molecule has 7 nitrogen and oxygen atoms in total. The number of ether oxygens (including phenoxy) is 1. The van der Waals surface area contributed by atoms with E-state index in [0.29, 0.717) is 19.1 Å². The van der Waals surface area contributed by atoms with Crippen molar-refractivity contribution in [2.24, 2.45) is 0 Å². The SMILES string of the molecule is CCCNC1COCC1c1nc(C(=O)NC)no1. The first kappa shape index (κ1) is 13.0. The Hall–Kier alpha value is -1.47. The number of carbonyl (C=O) groups is 1. The first-order valence-electron chi connectivity index (χ1n) is 6.13. The minimum absolute atomic E-state index is 0.0162. The third kappa shape index (κ3) is 2.68. The Morgan fingerprint density at radius 2 is 2.33 bits per heavy atom. The number of rotatable bonds is 5. The Bertz CT molecular complexity index is 407. The summed E-state index contributed by atoms with van der Waals surface area (Å²) in [7, 11) is 1.53. The van der Waals surface area contributed by atoms with Gasteiger partial charge in [0.1, 0.15) is 0 Å². The quantitative estimate of drug-likeness (QED) is 0.763. The molecule has 0 aromatic carbocycles. The highest BCUT2D eigenvalue weighted by molar-refractivity contribution is 5.89. The Morgan fingerprint density at radius 1 is 1.50 bits per heavy atom. The number of nitrogens with one attached hydrogen (secondary N) is 2. The smallest absolute Gasteiger partial charge is 0.292 e. The number of carbonyl (C=O) groups excluding carboxylic acids is 1. The van der Waals surface area contributed by atoms with Crippen molar-refractivity contribution in [3.05, 3.63) is 11.7 Å². The molecule has 1 aliphatic rings. The Balaban J connectivity index is 2.05. The second-order valence-electron chi connectivity index (χ2n) is 4.24. The van der Waals surface area contributed by atoms with E-state index >= 15 is 0 Å². The summed E-state index contributed by atoms with van der Waals surface area (Å²) in [6, 6.07) is 0.169. The van der Waals surface area contributed by atoms with Gasteiger partial charge in [0.25, 0.3) is 11.7 Å². The third-order valence-corrected chi connectivity index (χ3v) is 2.93. The lowest BCUT2D eigenvalue weighted by Crippen LogP contribution is -2.35. The van der Waals surface area contributed by atoms with E-state index in [9.17, 15) is 4.79 Å². The normalized spacial score (nSPS) is 23.2. The van der Waals surface area contributed by atoms with Crippen LogP contribution in [0.3, 0.4) is 0 Å². The first-order chi connectivity index (χ1) is 8.76. The topological polar surface area (TPSA) is 89.3 Å². The van der Waals surface area contributed by atoms with Gasteiger partial charge >= 0.3 is 0 Å². The van der Waals surface area contributed by atoms with Crippen LogP contribution in [0.5, 0.6) is 0 Å². The fourth-order valence-electron chi connectivity index (χ4n) is 1.92. The molecule has 2 unspecified atom stereocenters. The molecular formula is C11H18N4O3. The van der Waals surface area contributed by atoms with Gasteiger partial charge in [-0.25, -0.2) is 0 Å². The fraction of sp³-hybridized carbons (Fsp3) is 0.727. The van der Waals surface area contributed by atoms with Gasteiger partial charge < -0.3 is 19.9 Å². The Kier molecular flexibility index (Phi) is 4.27. The fourth-order valence-corrected chi connectivity index (χ4v) is 1.92. The van der Waals surface area contributed by atoms with Crippen molar-refractivity contribution in [1.82, 2.24) is 20.8 Å². The lowest BCUT2D eigenvalue weighted by molar-refractivity contribution is 0.0950. The van der Waals surface area contributed by atoms with Crippen LogP contribution >= 0.6 is 0 Å². The number of amides is 1. The summed E-state index contributed by atoms with van der Waals surface area (Å²) in [4.78, 5) is 15.5. The molecule has 0 bridgehead atoms. The Labute approximate surface area is 105 Å². The van der Waals surface area contributed by atoms with Crippen LogP contribution in [0.25, 0.3) is 0 Å². The molecule has 2 heterocycles. The van der Waals surface area contributed by atoms with E-state index in [0.717, 1.165) is 13.0 Å². The van der Waals surface area contributed by atoms with E-state index in [1.165, 1.54) is 7.05 Å². The minimum atomic E-state index is -0.345. The van der Waals surface area contributed by atoms with E-state index in [1.54, 1.807) is 0 Å². The van der Waals surface area contributed by atoms with E-state index in [1.807, 2.05) is 0 Å². The van der Waals surface area contributed by atoms with Gasteiger partial charge in [-0.05, 0) is 13.0 Å². The molecule has 1 aromatic heterocycles. The summed E-state index contributed by atoms with van der Waals surface area (Å²) in [6.07, 6.45) is 1.05. The summed E-state index contributed by atoms with van der Waals surface area (Å²) in [5.41, 5.74) is 0. The van der Waals surface area contributed by atoms with Crippen LogP contribution in [-0.2, 0) is 4.74 Å². The van der Waals surface area contributed by atoms with Crippen molar-refractivity contribution in [1.29, 1.82) is 0 Å². The molecule has 0 saturated carbocycles. The molecule has 0 spiro atoms. The zero-order chi connectivity index (χ0) is 13.0. The highest BCUT2D eigenvalue weighted by Crippen LogP contribution is 2.24. The van der Waals surface area contributed by atoms with Crippen molar-refractivity contribution in [2.45, 2.75) is 25.3 Å². The average Bonchev–Trinajstić information content (AvgIpc) is 3.03. The van der Waals surface area contributed by atoms with Gasteiger partial charge in [-0.1, -0.05) is 12.1 Å². The van der Waals surface area contributed by atoms with Gasteiger partial charge in [-0.15, -0.1) is 0 Å². The van der Waals surface area contributed by atoms with E-state index in [4.69, 9.17) is 9.26 Å². The Morgan fingerprint density at radius 3 is 3.06 bits per heavy atom. The summed E-state index contributed by atoms with van der Waals surface area (Å²) in [5, 5.41) is 9.50. The van der Waals surface area contributed by atoms with Gasteiger partial charge in [0.05, 0.1) is 19.1 Å². The number of hydrogen-bond acceptors (Lipinski definition) is 6. The zero-order valence-corrected chi connectivity index (χ0v) is 10.6. The maximum atomic E-state index is 11.4. The zero-order valence-electron chi connectivity index (χ0n) is 10.6. The summed E-state index contributed by atoms with van der Waals surface area (Å²) < 4.78 is 10.6.